The molecule has 28 heavy (non-hydrogen) atoms. The van der Waals surface area contributed by atoms with Gasteiger partial charge in [0.25, 0.3) is 0 Å². The first kappa shape index (κ1) is 19.9. The summed E-state index contributed by atoms with van der Waals surface area (Å²) in [6, 6.07) is 17.2. The van der Waals surface area contributed by atoms with Crippen molar-refractivity contribution in [3.63, 3.8) is 0 Å². The van der Waals surface area contributed by atoms with Gasteiger partial charge in [-0.1, -0.05) is 54.2 Å². The number of para-hydroxylation sites is 2. The van der Waals surface area contributed by atoms with E-state index in [1.807, 2.05) is 73.3 Å². The van der Waals surface area contributed by atoms with Crippen molar-refractivity contribution < 1.29 is 9.53 Å². The molecule has 0 radical (unpaired) electrons. The van der Waals surface area contributed by atoms with Crippen molar-refractivity contribution in [3.05, 3.63) is 60.2 Å². The van der Waals surface area contributed by atoms with E-state index in [0.717, 1.165) is 11.3 Å². The maximum Gasteiger partial charge on any atom is 0.240 e. The summed E-state index contributed by atoms with van der Waals surface area (Å²) in [7, 11) is 1.60. The molecule has 1 atom stereocenters. The van der Waals surface area contributed by atoms with Crippen LogP contribution in [0.2, 0.25) is 0 Å². The SMILES string of the molecule is CCN(CC)C(=O)[C@@H](Sc1nnnn1-c1ccccc1OC)c1ccccc1. The Hall–Kier alpha value is -2.87. The van der Waals surface area contributed by atoms with Crippen LogP contribution in [0.5, 0.6) is 5.75 Å². The summed E-state index contributed by atoms with van der Waals surface area (Å²) in [6.45, 7) is 5.26. The fourth-order valence-electron chi connectivity index (χ4n) is 2.90. The molecular formula is C20H23N5O2S. The Morgan fingerprint density at radius 3 is 2.46 bits per heavy atom. The average Bonchev–Trinajstić information content (AvgIpc) is 3.21. The normalized spacial score (nSPS) is 11.8. The Bertz CT molecular complexity index is 912. The Labute approximate surface area is 168 Å². The van der Waals surface area contributed by atoms with Gasteiger partial charge in [0.05, 0.1) is 7.11 Å². The monoisotopic (exact) mass is 397 g/mol. The molecule has 0 spiro atoms. The molecule has 1 amide bonds. The molecule has 0 aliphatic rings. The highest BCUT2D eigenvalue weighted by Gasteiger charge is 2.28. The lowest BCUT2D eigenvalue weighted by atomic mass is 10.1. The molecule has 0 unspecified atom stereocenters. The third kappa shape index (κ3) is 4.17. The van der Waals surface area contributed by atoms with Crippen LogP contribution in [0.3, 0.4) is 0 Å². The number of ether oxygens (including phenoxy) is 1. The number of carbonyl (C=O) groups excluding carboxylic acids is 1. The van der Waals surface area contributed by atoms with E-state index in [0.29, 0.717) is 24.0 Å². The van der Waals surface area contributed by atoms with Crippen molar-refractivity contribution in [1.29, 1.82) is 0 Å². The fraction of sp³-hybridized carbons (Fsp3) is 0.300. The number of hydrogen-bond donors (Lipinski definition) is 0. The Balaban J connectivity index is 1.99. The summed E-state index contributed by atoms with van der Waals surface area (Å²) in [4.78, 5) is 15.0. The fourth-order valence-corrected chi connectivity index (χ4v) is 3.98. The lowest BCUT2D eigenvalue weighted by Crippen LogP contribution is -2.34. The Kier molecular flexibility index (Phi) is 6.65. The van der Waals surface area contributed by atoms with Gasteiger partial charge in [-0.05, 0) is 42.0 Å². The van der Waals surface area contributed by atoms with Gasteiger partial charge in [-0.2, -0.15) is 4.68 Å². The second-order valence-corrected chi connectivity index (χ2v) is 7.04. The van der Waals surface area contributed by atoms with Crippen molar-refractivity contribution in [1.82, 2.24) is 25.1 Å². The molecule has 0 N–H and O–H groups in total. The number of likely N-dealkylation sites (N-methyl/N-ethyl adjacent to an activating group) is 1. The maximum absolute atomic E-state index is 13.2. The Morgan fingerprint density at radius 2 is 1.79 bits per heavy atom. The number of amides is 1. The molecule has 0 saturated carbocycles. The molecule has 0 bridgehead atoms. The largest absolute Gasteiger partial charge is 0.494 e. The van der Waals surface area contributed by atoms with E-state index >= 15 is 0 Å². The number of thioether (sulfide) groups is 1. The van der Waals surface area contributed by atoms with Crippen LogP contribution < -0.4 is 4.74 Å². The quantitative estimate of drug-likeness (QED) is 0.543. The second kappa shape index (κ2) is 9.36. The molecule has 3 rings (SSSR count). The van der Waals surface area contributed by atoms with E-state index in [2.05, 4.69) is 15.5 Å². The number of nitrogens with zero attached hydrogens (tertiary/aromatic N) is 5. The second-order valence-electron chi connectivity index (χ2n) is 5.96. The van der Waals surface area contributed by atoms with Crippen molar-refractivity contribution in [3.8, 4) is 11.4 Å². The van der Waals surface area contributed by atoms with Crippen molar-refractivity contribution >= 4 is 17.7 Å². The van der Waals surface area contributed by atoms with E-state index in [1.54, 1.807) is 11.8 Å². The van der Waals surface area contributed by atoms with Gasteiger partial charge in [-0.3, -0.25) is 4.79 Å². The van der Waals surface area contributed by atoms with Gasteiger partial charge in [-0.25, -0.2) is 0 Å². The van der Waals surface area contributed by atoms with E-state index < -0.39 is 5.25 Å². The zero-order valence-corrected chi connectivity index (χ0v) is 17.0. The number of carbonyl (C=O) groups is 1. The lowest BCUT2D eigenvalue weighted by molar-refractivity contribution is -0.130. The topological polar surface area (TPSA) is 73.1 Å². The van der Waals surface area contributed by atoms with E-state index in [-0.39, 0.29) is 5.91 Å². The van der Waals surface area contributed by atoms with Crippen LogP contribution in [0.25, 0.3) is 5.69 Å². The maximum atomic E-state index is 13.2. The first-order valence-corrected chi connectivity index (χ1v) is 9.99. The Morgan fingerprint density at radius 1 is 1.11 bits per heavy atom. The van der Waals surface area contributed by atoms with E-state index in [4.69, 9.17) is 4.74 Å². The van der Waals surface area contributed by atoms with Crippen LogP contribution in [0.1, 0.15) is 24.7 Å². The predicted octanol–water partition coefficient (Wildman–Crippen LogP) is 3.37. The van der Waals surface area contributed by atoms with Gasteiger partial charge in [-0.15, -0.1) is 5.10 Å². The zero-order valence-electron chi connectivity index (χ0n) is 16.1. The minimum Gasteiger partial charge on any atom is -0.494 e. The molecule has 3 aromatic rings. The van der Waals surface area contributed by atoms with Crippen LogP contribution in [-0.4, -0.2) is 51.2 Å². The minimum atomic E-state index is -0.444. The van der Waals surface area contributed by atoms with Crippen molar-refractivity contribution in [2.45, 2.75) is 24.3 Å². The van der Waals surface area contributed by atoms with E-state index in [9.17, 15) is 4.79 Å². The summed E-state index contributed by atoms with van der Waals surface area (Å²) in [6.07, 6.45) is 0. The molecule has 0 aliphatic carbocycles. The smallest absolute Gasteiger partial charge is 0.240 e. The van der Waals surface area contributed by atoms with Crippen molar-refractivity contribution in [2.75, 3.05) is 20.2 Å². The highest BCUT2D eigenvalue weighted by atomic mass is 32.2. The number of aromatic nitrogens is 4. The van der Waals surface area contributed by atoms with Gasteiger partial charge < -0.3 is 9.64 Å². The summed E-state index contributed by atoms with van der Waals surface area (Å²) < 4.78 is 7.04. The number of rotatable bonds is 8. The lowest BCUT2D eigenvalue weighted by Gasteiger charge is -2.24. The molecule has 7 nitrogen and oxygen atoms in total. The molecular weight excluding hydrogens is 374 g/mol. The third-order valence-electron chi connectivity index (χ3n) is 4.38. The van der Waals surface area contributed by atoms with Gasteiger partial charge in [0.15, 0.2) is 0 Å². The van der Waals surface area contributed by atoms with Crippen LogP contribution in [0.15, 0.2) is 59.8 Å². The summed E-state index contributed by atoms with van der Waals surface area (Å²) in [5.41, 5.74) is 1.64. The number of tetrazole rings is 1. The predicted molar refractivity (Wildman–Crippen MR) is 109 cm³/mol. The number of benzene rings is 2. The molecule has 1 aromatic heterocycles. The number of hydrogen-bond acceptors (Lipinski definition) is 6. The zero-order chi connectivity index (χ0) is 19.9. The van der Waals surface area contributed by atoms with Crippen LogP contribution in [-0.2, 0) is 4.79 Å². The molecule has 8 heteroatoms. The van der Waals surface area contributed by atoms with Gasteiger partial charge in [0.1, 0.15) is 16.7 Å². The third-order valence-corrected chi connectivity index (χ3v) is 5.55. The number of methoxy groups -OCH3 is 1. The average molecular weight is 398 g/mol. The van der Waals surface area contributed by atoms with Gasteiger partial charge >= 0.3 is 0 Å². The molecule has 0 fully saturated rings. The van der Waals surface area contributed by atoms with E-state index in [1.165, 1.54) is 11.8 Å². The molecule has 2 aromatic carbocycles. The standard InChI is InChI=1S/C20H23N5O2S/c1-4-24(5-2)19(26)18(15-11-7-6-8-12-15)28-20-21-22-23-25(20)16-13-9-10-14-17(16)27-3/h6-14,18H,4-5H2,1-3H3/t18-/m0/s1. The van der Waals surface area contributed by atoms with Crippen LogP contribution in [0.4, 0.5) is 0 Å². The highest BCUT2D eigenvalue weighted by molar-refractivity contribution is 8.00. The molecule has 146 valence electrons. The van der Waals surface area contributed by atoms with Crippen molar-refractivity contribution in [2.24, 2.45) is 0 Å². The summed E-state index contributed by atoms with van der Waals surface area (Å²) >= 11 is 1.34. The highest BCUT2D eigenvalue weighted by Crippen LogP contribution is 2.37. The first-order chi connectivity index (χ1) is 13.7. The van der Waals surface area contributed by atoms with Crippen LogP contribution >= 0.6 is 11.8 Å². The van der Waals surface area contributed by atoms with Gasteiger partial charge in [0.2, 0.25) is 11.1 Å². The minimum absolute atomic E-state index is 0.0378. The summed E-state index contributed by atoms with van der Waals surface area (Å²) in [5.74, 6) is 0.693. The molecule has 0 saturated heterocycles. The molecule has 0 aliphatic heterocycles. The first-order valence-electron chi connectivity index (χ1n) is 9.11. The van der Waals surface area contributed by atoms with Gasteiger partial charge in [0, 0.05) is 13.1 Å². The van der Waals surface area contributed by atoms with Crippen LogP contribution in [0, 0.1) is 0 Å². The molecule has 1 heterocycles. The summed E-state index contributed by atoms with van der Waals surface area (Å²) in [5, 5.41) is 12.2.